The molecule has 0 aromatic heterocycles. The molecule has 1 aliphatic heterocycles. The zero-order chi connectivity index (χ0) is 26.7. The Morgan fingerprint density at radius 1 is 1.17 bits per heavy atom. The third-order valence-corrected chi connectivity index (χ3v) is 8.16. The van der Waals surface area contributed by atoms with Gasteiger partial charge in [0.2, 0.25) is 0 Å². The maximum absolute atomic E-state index is 14.1. The van der Waals surface area contributed by atoms with Crippen LogP contribution in [-0.4, -0.2) is 68.8 Å². The fourth-order valence-electron chi connectivity index (χ4n) is 5.78. The molecule has 36 heavy (non-hydrogen) atoms. The lowest BCUT2D eigenvalue weighted by atomic mass is 9.43. The molecule has 192 valence electrons. The Balaban J connectivity index is 2.06. The summed E-state index contributed by atoms with van der Waals surface area (Å²) in [7, 11) is 7.59. The molecule has 0 amide bonds. The average Bonchev–Trinajstić information content (AvgIpc) is 2.85. The van der Waals surface area contributed by atoms with Gasteiger partial charge in [-0.3, -0.25) is 14.4 Å². The van der Waals surface area contributed by atoms with Crippen LogP contribution in [0.1, 0.15) is 39.5 Å². The van der Waals surface area contributed by atoms with Gasteiger partial charge in [0.15, 0.2) is 17.3 Å². The Kier molecular flexibility index (Phi) is 8.58. The molecule has 2 fully saturated rings. The normalized spacial score (nSPS) is 28.8. The minimum atomic E-state index is -1.38. The summed E-state index contributed by atoms with van der Waals surface area (Å²) < 4.78 is 10.6. The fourth-order valence-corrected chi connectivity index (χ4v) is 6.02. The minimum absolute atomic E-state index is 0.0773. The number of fused-ring (bicyclic) bond motifs is 2. The topological polar surface area (TPSA) is 76.2 Å². The van der Waals surface area contributed by atoms with E-state index in [9.17, 15) is 14.4 Å². The molecule has 1 heterocycles. The second kappa shape index (κ2) is 10.9. The molecule has 2 atom stereocenters. The number of thiol groups is 1. The van der Waals surface area contributed by atoms with E-state index in [4.69, 9.17) is 17.4 Å². The summed E-state index contributed by atoms with van der Waals surface area (Å²) in [5.41, 5.74) is -3.47. The molecule has 2 unspecified atom stereocenters. The van der Waals surface area contributed by atoms with Crippen LogP contribution in [0.25, 0.3) is 0 Å². The summed E-state index contributed by atoms with van der Waals surface area (Å²) in [6, 6.07) is 0. The SMILES string of the molecule is [B]OC1=C(C(=O)/C=C/C(S)=C/N(C)N2CCOCC2)C(=O)C2(CC=C)CCC(C)(C)C1(CC=C)C2=O. The predicted molar refractivity (Wildman–Crippen MR) is 143 cm³/mol. The molecule has 3 rings (SSSR count). The molecule has 3 aliphatic rings. The van der Waals surface area contributed by atoms with Gasteiger partial charge in [0.1, 0.15) is 11.3 Å². The summed E-state index contributed by atoms with van der Waals surface area (Å²) in [6.45, 7) is 14.3. The molecule has 0 N–H and O–H groups in total. The zero-order valence-electron chi connectivity index (χ0n) is 21.4. The highest BCUT2D eigenvalue weighted by Gasteiger charge is 2.69. The number of hydrazine groups is 1. The summed E-state index contributed by atoms with van der Waals surface area (Å²) in [5, 5.41) is 3.98. The lowest BCUT2D eigenvalue weighted by molar-refractivity contribution is -0.162. The van der Waals surface area contributed by atoms with Crippen LogP contribution in [-0.2, 0) is 23.8 Å². The third-order valence-electron chi connectivity index (χ3n) is 7.90. The van der Waals surface area contributed by atoms with Gasteiger partial charge in [0, 0.05) is 31.2 Å². The number of hydrogen-bond acceptors (Lipinski definition) is 8. The van der Waals surface area contributed by atoms with Crippen molar-refractivity contribution in [3.63, 3.8) is 0 Å². The molecule has 1 saturated heterocycles. The Morgan fingerprint density at radius 3 is 2.39 bits per heavy atom. The van der Waals surface area contributed by atoms with Gasteiger partial charge in [0.25, 0.3) is 0 Å². The molecule has 0 aromatic rings. The van der Waals surface area contributed by atoms with E-state index in [1.165, 1.54) is 12.2 Å². The van der Waals surface area contributed by atoms with Crippen LogP contribution in [0, 0.1) is 16.2 Å². The van der Waals surface area contributed by atoms with Crippen LogP contribution in [0.15, 0.2) is 59.9 Å². The summed E-state index contributed by atoms with van der Waals surface area (Å²) in [5.74, 6) is -1.50. The third kappa shape index (κ3) is 4.57. The Hall–Kier alpha value is -2.36. The average molecular weight is 510 g/mol. The van der Waals surface area contributed by atoms with E-state index in [1.807, 2.05) is 25.9 Å². The first-order valence-electron chi connectivity index (χ1n) is 12.1. The molecule has 2 aliphatic carbocycles. The van der Waals surface area contributed by atoms with Gasteiger partial charge >= 0.3 is 8.05 Å². The van der Waals surface area contributed by atoms with E-state index in [-0.39, 0.29) is 30.0 Å². The van der Waals surface area contributed by atoms with Gasteiger partial charge in [-0.25, -0.2) is 5.01 Å². The number of carbonyl (C=O) groups excluding carboxylic acids is 3. The number of ether oxygens (including phenoxy) is 1. The Morgan fingerprint density at radius 2 is 1.81 bits per heavy atom. The van der Waals surface area contributed by atoms with Crippen molar-refractivity contribution in [1.29, 1.82) is 0 Å². The maximum atomic E-state index is 14.1. The van der Waals surface area contributed by atoms with Crippen LogP contribution >= 0.6 is 12.6 Å². The van der Waals surface area contributed by atoms with Crippen LogP contribution in [0.2, 0.25) is 0 Å². The quantitative estimate of drug-likeness (QED) is 0.0917. The van der Waals surface area contributed by atoms with Gasteiger partial charge in [-0.2, -0.15) is 0 Å². The van der Waals surface area contributed by atoms with Gasteiger partial charge in [-0.1, -0.05) is 26.0 Å². The highest BCUT2D eigenvalue weighted by atomic mass is 32.1. The second-order valence-corrected chi connectivity index (χ2v) is 10.7. The van der Waals surface area contributed by atoms with Gasteiger partial charge in [0.05, 0.1) is 24.0 Å². The standard InChI is InChI=1S/C27H35BN2O5S/c1-6-10-26-13-12-25(3,4)27(11-7-2,24(26)33)23(35-28)21(22(26)32)20(31)9-8-19(36)18-29(5)30-14-16-34-17-15-30/h6-9,18,36H,1-2,10-17H2,3-5H3/b9-8+,19-18-. The summed E-state index contributed by atoms with van der Waals surface area (Å²) in [4.78, 5) is 42.0. The Bertz CT molecular complexity index is 1040. The summed E-state index contributed by atoms with van der Waals surface area (Å²) in [6.07, 6.45) is 8.99. The number of allylic oxidation sites excluding steroid dienone is 6. The van der Waals surface area contributed by atoms with E-state index in [1.54, 1.807) is 18.4 Å². The molecule has 9 heteroatoms. The highest BCUT2D eigenvalue weighted by Crippen LogP contribution is 2.64. The minimum Gasteiger partial charge on any atom is -0.569 e. The predicted octanol–water partition coefficient (Wildman–Crippen LogP) is 3.51. The highest BCUT2D eigenvalue weighted by molar-refractivity contribution is 7.84. The molecule has 2 radical (unpaired) electrons. The molecular formula is C27H35BN2O5S. The molecule has 2 bridgehead atoms. The first-order valence-corrected chi connectivity index (χ1v) is 12.6. The number of rotatable bonds is 10. The number of ketones is 3. The largest absolute Gasteiger partial charge is 0.569 e. The number of Topliss-reactive ketones (excluding diaryl/α,β-unsaturated/α-hetero) is 2. The first kappa shape index (κ1) is 28.2. The van der Waals surface area contributed by atoms with Gasteiger partial charge < -0.3 is 14.4 Å². The van der Waals surface area contributed by atoms with Crippen molar-refractivity contribution in [1.82, 2.24) is 10.0 Å². The Labute approximate surface area is 220 Å². The van der Waals surface area contributed by atoms with Crippen LogP contribution in [0.3, 0.4) is 0 Å². The second-order valence-electron chi connectivity index (χ2n) is 10.2. The van der Waals surface area contributed by atoms with E-state index in [0.717, 1.165) is 13.1 Å². The van der Waals surface area contributed by atoms with Crippen molar-refractivity contribution in [3.8, 4) is 0 Å². The molecule has 0 aromatic carbocycles. The van der Waals surface area contributed by atoms with E-state index < -0.39 is 27.8 Å². The van der Waals surface area contributed by atoms with Crippen molar-refractivity contribution >= 4 is 38.0 Å². The number of morpholine rings is 1. The lowest BCUT2D eigenvalue weighted by Gasteiger charge is -2.57. The number of nitrogens with zero attached hydrogens (tertiary/aromatic N) is 2. The molecular weight excluding hydrogens is 475 g/mol. The molecule has 0 spiro atoms. The van der Waals surface area contributed by atoms with Crippen LogP contribution in [0.4, 0.5) is 0 Å². The van der Waals surface area contributed by atoms with Crippen molar-refractivity contribution in [2.75, 3.05) is 33.4 Å². The monoisotopic (exact) mass is 510 g/mol. The van der Waals surface area contributed by atoms with Crippen molar-refractivity contribution in [3.05, 3.63) is 59.9 Å². The molecule has 7 nitrogen and oxygen atoms in total. The van der Waals surface area contributed by atoms with E-state index in [2.05, 4.69) is 30.8 Å². The van der Waals surface area contributed by atoms with E-state index in [0.29, 0.717) is 31.0 Å². The van der Waals surface area contributed by atoms with Crippen LogP contribution < -0.4 is 0 Å². The fraction of sp³-hybridized carbons (Fsp3) is 0.519. The van der Waals surface area contributed by atoms with E-state index >= 15 is 0 Å². The molecule has 1 saturated carbocycles. The number of carbonyl (C=O) groups is 3. The maximum Gasteiger partial charge on any atom is 0.373 e. The summed E-state index contributed by atoms with van der Waals surface area (Å²) >= 11 is 4.49. The zero-order valence-corrected chi connectivity index (χ0v) is 22.3. The van der Waals surface area contributed by atoms with Crippen LogP contribution in [0.5, 0.6) is 0 Å². The van der Waals surface area contributed by atoms with Crippen molar-refractivity contribution in [2.45, 2.75) is 39.5 Å². The van der Waals surface area contributed by atoms with Gasteiger partial charge in [-0.05, 0) is 43.3 Å². The smallest absolute Gasteiger partial charge is 0.373 e. The van der Waals surface area contributed by atoms with Crippen molar-refractivity contribution in [2.24, 2.45) is 16.2 Å². The van der Waals surface area contributed by atoms with Crippen molar-refractivity contribution < 1.29 is 23.8 Å². The first-order chi connectivity index (χ1) is 17.0. The lowest BCUT2D eigenvalue weighted by Crippen LogP contribution is -2.63. The van der Waals surface area contributed by atoms with Gasteiger partial charge in [-0.15, -0.1) is 25.8 Å². The number of hydrogen-bond donors (Lipinski definition) is 1.